The molecule has 0 radical (unpaired) electrons. The maximum absolute atomic E-state index is 10.3. The molecule has 0 aliphatic carbocycles. The van der Waals surface area contributed by atoms with Crippen molar-refractivity contribution in [2.75, 3.05) is 0 Å². The monoisotopic (exact) mass is 168 g/mol. The zero-order valence-corrected chi connectivity index (χ0v) is 7.75. The molecule has 0 amide bonds. The Balaban J connectivity index is 3.33. The summed E-state index contributed by atoms with van der Waals surface area (Å²) in [6.45, 7) is 3.54. The Kier molecular flexibility index (Phi) is 7.35. The Morgan fingerprint density at radius 3 is 2.75 bits per heavy atom. The van der Waals surface area contributed by atoms with Crippen LogP contribution in [0.4, 0.5) is 0 Å². The van der Waals surface area contributed by atoms with Crippen LogP contribution < -0.4 is 0 Å². The molecule has 0 aromatic heterocycles. The molecule has 0 aromatic rings. The second-order valence-corrected chi connectivity index (χ2v) is 2.51. The highest BCUT2D eigenvalue weighted by atomic mass is 16.5. The van der Waals surface area contributed by atoms with Gasteiger partial charge in [-0.3, -0.25) is 4.79 Å². The molecule has 12 heavy (non-hydrogen) atoms. The van der Waals surface area contributed by atoms with Crippen molar-refractivity contribution < 1.29 is 9.53 Å². The number of esters is 1. The summed E-state index contributed by atoms with van der Waals surface area (Å²) in [6.07, 6.45) is 10.6. The summed E-state index contributed by atoms with van der Waals surface area (Å²) in [6, 6.07) is 0. The van der Waals surface area contributed by atoms with Gasteiger partial charge in [-0.2, -0.15) is 0 Å². The number of allylic oxidation sites excluding steroid dienone is 3. The summed E-state index contributed by atoms with van der Waals surface area (Å²) >= 11 is 0. The van der Waals surface area contributed by atoms with E-state index in [1.54, 1.807) is 6.08 Å². The van der Waals surface area contributed by atoms with Gasteiger partial charge in [-0.25, -0.2) is 0 Å². The lowest BCUT2D eigenvalue weighted by Gasteiger charge is -1.88. The van der Waals surface area contributed by atoms with E-state index in [1.807, 2.05) is 6.08 Å². The van der Waals surface area contributed by atoms with Gasteiger partial charge in [-0.05, 0) is 12.5 Å². The Bertz CT molecular complexity index is 169. The molecule has 0 saturated carbocycles. The highest BCUT2D eigenvalue weighted by Gasteiger charge is 1.82. The van der Waals surface area contributed by atoms with Gasteiger partial charge in [0.25, 0.3) is 0 Å². The van der Waals surface area contributed by atoms with Crippen molar-refractivity contribution >= 4 is 5.97 Å². The predicted molar refractivity (Wildman–Crippen MR) is 49.6 cm³/mol. The lowest BCUT2D eigenvalue weighted by atomic mass is 10.2. The molecule has 0 rings (SSSR count). The van der Waals surface area contributed by atoms with Gasteiger partial charge >= 0.3 is 5.97 Å². The van der Waals surface area contributed by atoms with Gasteiger partial charge in [0, 0.05) is 6.92 Å². The quantitative estimate of drug-likeness (QED) is 0.273. The topological polar surface area (TPSA) is 26.3 Å². The normalized spacial score (nSPS) is 11.2. The summed E-state index contributed by atoms with van der Waals surface area (Å²) in [5.74, 6) is -0.284. The fourth-order valence-corrected chi connectivity index (χ4v) is 0.677. The van der Waals surface area contributed by atoms with Crippen LogP contribution in [0.25, 0.3) is 0 Å². The SMILES string of the molecule is CCCCC=CC=COC(C)=O. The average Bonchev–Trinajstić information content (AvgIpc) is 2.02. The molecule has 2 nitrogen and oxygen atoms in total. The van der Waals surface area contributed by atoms with Crippen LogP contribution in [0.3, 0.4) is 0 Å². The maximum Gasteiger partial charge on any atom is 0.307 e. The molecule has 0 aliphatic heterocycles. The summed E-state index contributed by atoms with van der Waals surface area (Å²) in [4.78, 5) is 10.3. The molecular weight excluding hydrogens is 152 g/mol. The van der Waals surface area contributed by atoms with Crippen molar-refractivity contribution in [3.8, 4) is 0 Å². The predicted octanol–water partition coefficient (Wildman–Crippen LogP) is 2.81. The molecule has 0 N–H and O–H groups in total. The van der Waals surface area contributed by atoms with Gasteiger partial charge in [0.2, 0.25) is 0 Å². The number of unbranched alkanes of at least 4 members (excludes halogenated alkanes) is 2. The van der Waals surface area contributed by atoms with E-state index in [9.17, 15) is 4.79 Å². The number of ether oxygens (including phenoxy) is 1. The van der Waals surface area contributed by atoms with Crippen LogP contribution >= 0.6 is 0 Å². The molecule has 0 unspecified atom stereocenters. The molecule has 0 aromatic carbocycles. The van der Waals surface area contributed by atoms with Crippen molar-refractivity contribution in [3.63, 3.8) is 0 Å². The molecule has 68 valence electrons. The van der Waals surface area contributed by atoms with Crippen molar-refractivity contribution in [3.05, 3.63) is 24.5 Å². The van der Waals surface area contributed by atoms with Crippen molar-refractivity contribution in [1.82, 2.24) is 0 Å². The highest BCUT2D eigenvalue weighted by molar-refractivity contribution is 5.66. The molecular formula is C10H16O2. The summed E-state index contributed by atoms with van der Waals surface area (Å²) < 4.78 is 4.58. The van der Waals surface area contributed by atoms with Crippen LogP contribution in [0.1, 0.15) is 33.1 Å². The lowest BCUT2D eigenvalue weighted by molar-refractivity contribution is -0.135. The van der Waals surface area contributed by atoms with Crippen LogP contribution in [-0.4, -0.2) is 5.97 Å². The van der Waals surface area contributed by atoms with E-state index in [1.165, 1.54) is 26.0 Å². The van der Waals surface area contributed by atoms with Crippen LogP contribution in [0, 0.1) is 0 Å². The fourth-order valence-electron chi connectivity index (χ4n) is 0.677. The Morgan fingerprint density at radius 1 is 1.42 bits per heavy atom. The number of carbonyl (C=O) groups is 1. The minimum absolute atomic E-state index is 0.284. The molecule has 0 fully saturated rings. The third-order valence-corrected chi connectivity index (χ3v) is 1.28. The third kappa shape index (κ3) is 8.95. The van der Waals surface area contributed by atoms with Crippen LogP contribution in [-0.2, 0) is 9.53 Å². The van der Waals surface area contributed by atoms with E-state index in [-0.39, 0.29) is 5.97 Å². The Labute approximate surface area is 73.9 Å². The molecule has 0 heterocycles. The lowest BCUT2D eigenvalue weighted by Crippen LogP contribution is -1.88. The van der Waals surface area contributed by atoms with Crippen LogP contribution in [0.15, 0.2) is 24.5 Å². The van der Waals surface area contributed by atoms with Gasteiger partial charge in [-0.15, -0.1) is 0 Å². The second-order valence-electron chi connectivity index (χ2n) is 2.51. The van der Waals surface area contributed by atoms with Gasteiger partial charge in [0.1, 0.15) is 0 Å². The fraction of sp³-hybridized carbons (Fsp3) is 0.500. The van der Waals surface area contributed by atoms with Crippen LogP contribution in [0.2, 0.25) is 0 Å². The van der Waals surface area contributed by atoms with E-state index in [2.05, 4.69) is 17.7 Å². The number of hydrogen-bond acceptors (Lipinski definition) is 2. The van der Waals surface area contributed by atoms with E-state index >= 15 is 0 Å². The summed E-state index contributed by atoms with van der Waals surface area (Å²) in [5.41, 5.74) is 0. The Hall–Kier alpha value is -1.05. The standard InChI is InChI=1S/C10H16O2/c1-3-4-5-6-7-8-9-12-10(2)11/h6-9H,3-5H2,1-2H3. The van der Waals surface area contributed by atoms with Crippen molar-refractivity contribution in [1.29, 1.82) is 0 Å². The number of rotatable bonds is 5. The van der Waals surface area contributed by atoms with Crippen molar-refractivity contribution in [2.45, 2.75) is 33.1 Å². The largest absolute Gasteiger partial charge is 0.435 e. The van der Waals surface area contributed by atoms with Gasteiger partial charge in [0.15, 0.2) is 0 Å². The van der Waals surface area contributed by atoms with E-state index in [0.717, 1.165) is 6.42 Å². The molecule has 0 saturated heterocycles. The minimum atomic E-state index is -0.284. The molecule has 0 bridgehead atoms. The van der Waals surface area contributed by atoms with Crippen molar-refractivity contribution in [2.24, 2.45) is 0 Å². The second kappa shape index (κ2) is 8.05. The highest BCUT2D eigenvalue weighted by Crippen LogP contribution is 1.94. The molecule has 2 heteroatoms. The average molecular weight is 168 g/mol. The molecule has 0 aliphatic rings. The first-order valence-corrected chi connectivity index (χ1v) is 4.26. The molecule has 0 spiro atoms. The first-order chi connectivity index (χ1) is 5.77. The van der Waals surface area contributed by atoms with Crippen LogP contribution in [0.5, 0.6) is 0 Å². The van der Waals surface area contributed by atoms with Gasteiger partial charge in [-0.1, -0.05) is 31.9 Å². The Morgan fingerprint density at radius 2 is 2.17 bits per heavy atom. The number of hydrogen-bond donors (Lipinski definition) is 0. The summed E-state index contributed by atoms with van der Waals surface area (Å²) in [7, 11) is 0. The first-order valence-electron chi connectivity index (χ1n) is 4.26. The zero-order valence-electron chi connectivity index (χ0n) is 7.75. The summed E-state index contributed by atoms with van der Waals surface area (Å²) in [5, 5.41) is 0. The molecule has 0 atom stereocenters. The van der Waals surface area contributed by atoms with E-state index in [4.69, 9.17) is 0 Å². The van der Waals surface area contributed by atoms with E-state index in [0.29, 0.717) is 0 Å². The zero-order chi connectivity index (χ0) is 9.23. The van der Waals surface area contributed by atoms with Gasteiger partial charge < -0.3 is 4.74 Å². The smallest absolute Gasteiger partial charge is 0.307 e. The third-order valence-electron chi connectivity index (χ3n) is 1.28. The minimum Gasteiger partial charge on any atom is -0.435 e. The van der Waals surface area contributed by atoms with Gasteiger partial charge in [0.05, 0.1) is 6.26 Å². The van der Waals surface area contributed by atoms with E-state index < -0.39 is 0 Å². The number of carbonyl (C=O) groups excluding carboxylic acids is 1. The first kappa shape index (κ1) is 11.0. The maximum atomic E-state index is 10.3.